The Kier molecular flexibility index (Phi) is 3.85. The van der Waals surface area contributed by atoms with E-state index in [1.165, 1.54) is 12.1 Å². The van der Waals surface area contributed by atoms with Crippen LogP contribution in [0.4, 0.5) is 4.79 Å². The average Bonchev–Trinajstić information content (AvgIpc) is 2.17. The van der Waals surface area contributed by atoms with Gasteiger partial charge in [-0.05, 0) is 26.0 Å². The number of para-hydroxylation sites is 1. The number of ether oxygens (including phenoxy) is 2. The monoisotopic (exact) mass is 207 g/mol. The fourth-order valence-electron chi connectivity index (χ4n) is 0.946. The number of benzene rings is 1. The highest BCUT2D eigenvalue weighted by molar-refractivity contribution is 5.81. The minimum absolute atomic E-state index is 0.151. The molecule has 4 nitrogen and oxygen atoms in total. The summed E-state index contributed by atoms with van der Waals surface area (Å²) < 4.78 is 9.59. The summed E-state index contributed by atoms with van der Waals surface area (Å²) in [5.41, 5.74) is 0.193. The fourth-order valence-corrected chi connectivity index (χ4v) is 0.946. The summed E-state index contributed by atoms with van der Waals surface area (Å²) in [5, 5.41) is 0. The molecule has 1 rings (SSSR count). The van der Waals surface area contributed by atoms with Crippen molar-refractivity contribution in [3.05, 3.63) is 29.8 Å². The van der Waals surface area contributed by atoms with Crippen molar-refractivity contribution in [1.29, 1.82) is 0 Å². The first-order valence-electron chi connectivity index (χ1n) is 4.49. The molecule has 1 radical (unpaired) electrons. The summed E-state index contributed by atoms with van der Waals surface area (Å²) >= 11 is 0. The van der Waals surface area contributed by atoms with Crippen LogP contribution in [0.15, 0.2) is 24.3 Å². The second-order valence-electron chi connectivity index (χ2n) is 3.12. The zero-order valence-electron chi connectivity index (χ0n) is 8.52. The van der Waals surface area contributed by atoms with E-state index in [1.807, 2.05) is 0 Å². The van der Waals surface area contributed by atoms with E-state index in [0.29, 0.717) is 0 Å². The number of carbonyl (C=O) groups is 1. The molecule has 15 heavy (non-hydrogen) atoms. The zero-order valence-corrected chi connectivity index (χ0v) is 8.52. The summed E-state index contributed by atoms with van der Waals surface area (Å²) in [6.45, 7) is 3.41. The molecular weight excluding hydrogens is 196 g/mol. The minimum Gasteiger partial charge on any atom is -0.431 e. The van der Waals surface area contributed by atoms with Crippen LogP contribution in [0.5, 0.6) is 5.75 Å². The van der Waals surface area contributed by atoms with Crippen molar-refractivity contribution in [3.8, 4) is 5.75 Å². The third-order valence-electron chi connectivity index (χ3n) is 1.52. The largest absolute Gasteiger partial charge is 0.514 e. The van der Waals surface area contributed by atoms with Crippen LogP contribution in [0.1, 0.15) is 19.4 Å². The highest BCUT2D eigenvalue weighted by Crippen LogP contribution is 2.16. The van der Waals surface area contributed by atoms with E-state index in [9.17, 15) is 9.59 Å². The SMILES string of the molecule is CC(C)OC(=O)Oc1ccccc1[C]=O. The molecule has 0 aromatic heterocycles. The molecule has 1 aromatic rings. The molecule has 1 aromatic carbocycles. The van der Waals surface area contributed by atoms with Crippen molar-refractivity contribution in [3.63, 3.8) is 0 Å². The summed E-state index contributed by atoms with van der Waals surface area (Å²) in [4.78, 5) is 21.6. The lowest BCUT2D eigenvalue weighted by molar-refractivity contribution is 0.0728. The Labute approximate surface area is 87.8 Å². The number of hydrogen-bond donors (Lipinski definition) is 0. The highest BCUT2D eigenvalue weighted by atomic mass is 16.7. The molecule has 0 heterocycles. The van der Waals surface area contributed by atoms with Gasteiger partial charge in [-0.15, -0.1) is 0 Å². The Morgan fingerprint density at radius 1 is 1.33 bits per heavy atom. The first-order chi connectivity index (χ1) is 7.13. The third-order valence-corrected chi connectivity index (χ3v) is 1.52. The van der Waals surface area contributed by atoms with Gasteiger partial charge < -0.3 is 9.47 Å². The Morgan fingerprint density at radius 2 is 2.00 bits per heavy atom. The van der Waals surface area contributed by atoms with E-state index >= 15 is 0 Å². The van der Waals surface area contributed by atoms with Crippen molar-refractivity contribution in [2.24, 2.45) is 0 Å². The van der Waals surface area contributed by atoms with Crippen LogP contribution in [0.2, 0.25) is 0 Å². The van der Waals surface area contributed by atoms with Gasteiger partial charge >= 0.3 is 6.16 Å². The Balaban J connectivity index is 2.71. The Bertz CT molecular complexity index is 357. The van der Waals surface area contributed by atoms with Gasteiger partial charge in [-0.25, -0.2) is 4.79 Å². The predicted molar refractivity (Wildman–Crippen MR) is 53.5 cm³/mol. The smallest absolute Gasteiger partial charge is 0.431 e. The summed E-state index contributed by atoms with van der Waals surface area (Å²) in [6.07, 6.45) is 0.586. The quantitative estimate of drug-likeness (QED) is 0.562. The first-order valence-corrected chi connectivity index (χ1v) is 4.49. The minimum atomic E-state index is -0.826. The molecule has 0 unspecified atom stereocenters. The molecule has 79 valence electrons. The molecule has 0 spiro atoms. The highest BCUT2D eigenvalue weighted by Gasteiger charge is 2.11. The van der Waals surface area contributed by atoms with Gasteiger partial charge in [-0.2, -0.15) is 0 Å². The predicted octanol–water partition coefficient (Wildman–Crippen LogP) is 2.07. The van der Waals surface area contributed by atoms with E-state index < -0.39 is 6.16 Å². The first kappa shape index (κ1) is 11.2. The van der Waals surface area contributed by atoms with E-state index in [2.05, 4.69) is 0 Å². The topological polar surface area (TPSA) is 52.6 Å². The third kappa shape index (κ3) is 3.42. The number of hydrogen-bond acceptors (Lipinski definition) is 4. The van der Waals surface area contributed by atoms with Crippen LogP contribution in [-0.2, 0) is 9.53 Å². The molecule has 0 fully saturated rings. The lowest BCUT2D eigenvalue weighted by Gasteiger charge is -2.08. The van der Waals surface area contributed by atoms with Gasteiger partial charge in [0, 0.05) is 0 Å². The maximum atomic E-state index is 11.1. The van der Waals surface area contributed by atoms with Crippen molar-refractivity contribution in [2.45, 2.75) is 20.0 Å². The molecule has 0 amide bonds. The second-order valence-corrected chi connectivity index (χ2v) is 3.12. The summed E-state index contributed by atoms with van der Waals surface area (Å²) in [6, 6.07) is 6.31. The van der Waals surface area contributed by atoms with Crippen LogP contribution >= 0.6 is 0 Å². The summed E-state index contributed by atoms with van der Waals surface area (Å²) in [5.74, 6) is 0.151. The standard InChI is InChI=1S/C11H11O4/c1-8(2)14-11(13)15-10-6-4-3-5-9(10)7-12/h3-6,8H,1-2H3. The molecule has 0 bridgehead atoms. The average molecular weight is 207 g/mol. The van der Waals surface area contributed by atoms with Crippen LogP contribution in [-0.4, -0.2) is 18.5 Å². The van der Waals surface area contributed by atoms with Crippen molar-refractivity contribution < 1.29 is 19.1 Å². The van der Waals surface area contributed by atoms with E-state index in [1.54, 1.807) is 32.3 Å². The fraction of sp³-hybridized carbons (Fsp3) is 0.273. The number of carbonyl (C=O) groups excluding carboxylic acids is 2. The molecule has 0 aliphatic rings. The lowest BCUT2D eigenvalue weighted by Crippen LogP contribution is -2.16. The maximum Gasteiger partial charge on any atom is 0.514 e. The molecule has 0 aliphatic heterocycles. The van der Waals surface area contributed by atoms with Crippen molar-refractivity contribution >= 4 is 12.4 Å². The second kappa shape index (κ2) is 5.14. The van der Waals surface area contributed by atoms with Crippen LogP contribution in [0.25, 0.3) is 0 Å². The van der Waals surface area contributed by atoms with Gasteiger partial charge in [0.2, 0.25) is 6.29 Å². The molecule has 0 aliphatic carbocycles. The van der Waals surface area contributed by atoms with E-state index in [0.717, 1.165) is 0 Å². The molecule has 0 N–H and O–H groups in total. The van der Waals surface area contributed by atoms with Crippen LogP contribution in [0, 0.1) is 0 Å². The number of rotatable bonds is 3. The van der Waals surface area contributed by atoms with Crippen molar-refractivity contribution in [1.82, 2.24) is 0 Å². The van der Waals surface area contributed by atoms with E-state index in [4.69, 9.17) is 9.47 Å². The zero-order chi connectivity index (χ0) is 11.3. The van der Waals surface area contributed by atoms with Gasteiger partial charge in [-0.1, -0.05) is 12.1 Å². The maximum absolute atomic E-state index is 11.1. The molecule has 0 atom stereocenters. The normalized spacial score (nSPS) is 9.80. The molecule has 0 saturated carbocycles. The molecular formula is C11H11O4. The van der Waals surface area contributed by atoms with Gasteiger partial charge in [0.15, 0.2) is 0 Å². The van der Waals surface area contributed by atoms with Gasteiger partial charge in [0.1, 0.15) is 5.75 Å². The van der Waals surface area contributed by atoms with Crippen LogP contribution < -0.4 is 4.74 Å². The summed E-state index contributed by atoms with van der Waals surface area (Å²) in [7, 11) is 0. The van der Waals surface area contributed by atoms with Crippen molar-refractivity contribution in [2.75, 3.05) is 0 Å². The van der Waals surface area contributed by atoms with Gasteiger partial charge in [-0.3, -0.25) is 4.79 Å². The Morgan fingerprint density at radius 3 is 2.60 bits per heavy atom. The van der Waals surface area contributed by atoms with Gasteiger partial charge in [0.05, 0.1) is 11.7 Å². The lowest BCUT2D eigenvalue weighted by atomic mass is 10.2. The van der Waals surface area contributed by atoms with Crippen LogP contribution in [0.3, 0.4) is 0 Å². The van der Waals surface area contributed by atoms with Gasteiger partial charge in [0.25, 0.3) is 0 Å². The Hall–Kier alpha value is -1.84. The van der Waals surface area contributed by atoms with E-state index in [-0.39, 0.29) is 17.4 Å². The molecule has 4 heteroatoms. The molecule has 0 saturated heterocycles.